The third kappa shape index (κ3) is 1.09. The quantitative estimate of drug-likeness (QED) is 0.672. The molecular weight excluding hydrogens is 188 g/mol. The number of phenols is 1. The first kappa shape index (κ1) is 7.95. The van der Waals surface area contributed by atoms with Crippen molar-refractivity contribution < 1.29 is 5.11 Å². The van der Waals surface area contributed by atoms with Gasteiger partial charge in [-0.1, -0.05) is 6.07 Å². The Kier molecular flexibility index (Phi) is 1.98. The number of phenolic OH excluding ortho intramolecular Hbond substituents is 1. The van der Waals surface area contributed by atoms with E-state index in [0.717, 1.165) is 15.6 Å². The molecule has 0 fully saturated rings. The van der Waals surface area contributed by atoms with Gasteiger partial charge in [-0.05, 0) is 23.1 Å². The second kappa shape index (κ2) is 2.99. The first-order valence-electron chi connectivity index (χ1n) is 3.62. The van der Waals surface area contributed by atoms with E-state index in [2.05, 4.69) is 12.6 Å². The summed E-state index contributed by atoms with van der Waals surface area (Å²) in [7, 11) is 0. The Hall–Kier alpha value is -0.670. The van der Waals surface area contributed by atoms with Gasteiger partial charge in [0, 0.05) is 15.8 Å². The molecule has 1 N–H and O–H groups in total. The van der Waals surface area contributed by atoms with Crippen LogP contribution in [0, 0.1) is 0 Å². The summed E-state index contributed by atoms with van der Waals surface area (Å²) in [5.41, 5.74) is 1.11. The Morgan fingerprint density at radius 3 is 3.00 bits per heavy atom. The zero-order chi connectivity index (χ0) is 8.55. The monoisotopic (exact) mass is 196 g/mol. The van der Waals surface area contributed by atoms with Gasteiger partial charge in [0.1, 0.15) is 5.75 Å². The summed E-state index contributed by atoms with van der Waals surface area (Å²) in [5, 5.41) is 12.5. The maximum absolute atomic E-state index is 9.54. The largest absolute Gasteiger partial charge is 0.507 e. The van der Waals surface area contributed by atoms with Crippen LogP contribution in [0.2, 0.25) is 0 Å². The van der Waals surface area contributed by atoms with Crippen LogP contribution >= 0.6 is 24.0 Å². The number of benzene rings is 1. The molecule has 2 rings (SSSR count). The molecular formula is C9H8OS2. The Labute approximate surface area is 80.1 Å². The molecule has 0 aliphatic carbocycles. The van der Waals surface area contributed by atoms with E-state index in [4.69, 9.17) is 0 Å². The summed E-state index contributed by atoms with van der Waals surface area (Å²) in [6.45, 7) is 0. The highest BCUT2D eigenvalue weighted by Gasteiger charge is 2.05. The molecule has 0 bridgehead atoms. The van der Waals surface area contributed by atoms with Gasteiger partial charge in [-0.2, -0.15) is 12.6 Å². The average molecular weight is 196 g/mol. The number of hydrogen-bond acceptors (Lipinski definition) is 3. The van der Waals surface area contributed by atoms with Gasteiger partial charge in [0.25, 0.3) is 0 Å². The Morgan fingerprint density at radius 1 is 1.42 bits per heavy atom. The molecule has 0 radical (unpaired) electrons. The number of aromatic hydroxyl groups is 1. The lowest BCUT2D eigenvalue weighted by Crippen LogP contribution is -1.73. The molecule has 3 heteroatoms. The summed E-state index contributed by atoms with van der Waals surface area (Å²) >= 11 is 5.84. The fourth-order valence-corrected chi connectivity index (χ4v) is 2.60. The summed E-state index contributed by atoms with van der Waals surface area (Å²) in [6.07, 6.45) is 0. The lowest BCUT2D eigenvalue weighted by Gasteiger charge is -1.96. The number of hydrogen-bond donors (Lipinski definition) is 2. The highest BCUT2D eigenvalue weighted by atomic mass is 32.1. The minimum Gasteiger partial charge on any atom is -0.507 e. The van der Waals surface area contributed by atoms with E-state index in [9.17, 15) is 5.11 Å². The van der Waals surface area contributed by atoms with Crippen LogP contribution in [0.15, 0.2) is 23.6 Å². The third-order valence-electron chi connectivity index (χ3n) is 1.82. The third-order valence-corrected chi connectivity index (χ3v) is 3.16. The van der Waals surface area contributed by atoms with Gasteiger partial charge >= 0.3 is 0 Å². The molecule has 0 atom stereocenters. The second-order valence-corrected chi connectivity index (χ2v) is 3.80. The molecule has 1 nitrogen and oxygen atoms in total. The van der Waals surface area contributed by atoms with E-state index < -0.39 is 0 Å². The molecule has 1 heterocycles. The molecule has 12 heavy (non-hydrogen) atoms. The number of thiophene rings is 1. The van der Waals surface area contributed by atoms with Gasteiger partial charge in [0.05, 0.1) is 0 Å². The molecule has 0 spiro atoms. The molecule has 0 saturated carbocycles. The maximum Gasteiger partial charge on any atom is 0.124 e. The maximum atomic E-state index is 9.54. The zero-order valence-corrected chi connectivity index (χ0v) is 8.03. The molecule has 1 aromatic heterocycles. The second-order valence-electron chi connectivity index (χ2n) is 2.57. The van der Waals surface area contributed by atoms with Crippen molar-refractivity contribution in [1.29, 1.82) is 0 Å². The van der Waals surface area contributed by atoms with Crippen LogP contribution in [-0.2, 0) is 5.75 Å². The summed E-state index contributed by atoms with van der Waals surface area (Å²) < 4.78 is 1.12. The van der Waals surface area contributed by atoms with Gasteiger partial charge in [-0.25, -0.2) is 0 Å². The number of rotatable bonds is 1. The molecule has 62 valence electrons. The Balaban J connectivity index is 2.83. The topological polar surface area (TPSA) is 20.2 Å². The smallest absolute Gasteiger partial charge is 0.124 e. The van der Waals surface area contributed by atoms with Crippen molar-refractivity contribution in [3.63, 3.8) is 0 Å². The molecule has 0 aliphatic heterocycles. The summed E-state index contributed by atoms with van der Waals surface area (Å²) in [4.78, 5) is 0. The van der Waals surface area contributed by atoms with Gasteiger partial charge in [-0.15, -0.1) is 11.3 Å². The molecule has 0 unspecified atom stereocenters. The Bertz CT molecular complexity index is 406. The first-order valence-corrected chi connectivity index (χ1v) is 5.13. The van der Waals surface area contributed by atoms with Crippen LogP contribution < -0.4 is 0 Å². The minimum atomic E-state index is 0.359. The van der Waals surface area contributed by atoms with Crippen LogP contribution in [0.1, 0.15) is 5.56 Å². The van der Waals surface area contributed by atoms with Crippen LogP contribution in [0.3, 0.4) is 0 Å². The van der Waals surface area contributed by atoms with E-state index in [-0.39, 0.29) is 0 Å². The summed E-state index contributed by atoms with van der Waals surface area (Å²) in [6, 6.07) is 5.57. The number of fused-ring (bicyclic) bond motifs is 1. The molecule has 0 aliphatic rings. The SMILES string of the molecule is Oc1cccc2scc(CS)c12. The fourth-order valence-electron chi connectivity index (χ4n) is 1.25. The van der Waals surface area contributed by atoms with Gasteiger partial charge in [0.15, 0.2) is 0 Å². The van der Waals surface area contributed by atoms with Crippen molar-refractivity contribution in [1.82, 2.24) is 0 Å². The molecule has 1 aromatic carbocycles. The predicted molar refractivity (Wildman–Crippen MR) is 56.2 cm³/mol. The normalized spacial score (nSPS) is 10.8. The lowest BCUT2D eigenvalue weighted by molar-refractivity contribution is 0.481. The van der Waals surface area contributed by atoms with Gasteiger partial charge < -0.3 is 5.11 Å². The van der Waals surface area contributed by atoms with Gasteiger partial charge in [0.2, 0.25) is 0 Å². The van der Waals surface area contributed by atoms with Crippen molar-refractivity contribution in [3.05, 3.63) is 29.1 Å². The zero-order valence-electron chi connectivity index (χ0n) is 6.32. The van der Waals surface area contributed by atoms with Crippen molar-refractivity contribution in [2.24, 2.45) is 0 Å². The van der Waals surface area contributed by atoms with Crippen LogP contribution in [0.5, 0.6) is 5.75 Å². The van der Waals surface area contributed by atoms with E-state index >= 15 is 0 Å². The van der Waals surface area contributed by atoms with Crippen molar-refractivity contribution in [2.45, 2.75) is 5.75 Å². The van der Waals surface area contributed by atoms with Crippen molar-refractivity contribution in [3.8, 4) is 5.75 Å². The minimum absolute atomic E-state index is 0.359. The first-order chi connectivity index (χ1) is 5.83. The Morgan fingerprint density at radius 2 is 2.25 bits per heavy atom. The van der Waals surface area contributed by atoms with Crippen LogP contribution in [0.4, 0.5) is 0 Å². The van der Waals surface area contributed by atoms with E-state index in [1.807, 2.05) is 17.5 Å². The molecule has 0 amide bonds. The highest BCUT2D eigenvalue weighted by molar-refractivity contribution is 7.79. The standard InChI is InChI=1S/C9H8OS2/c10-7-2-1-3-8-9(7)6(4-11)5-12-8/h1-3,5,10-11H,4H2. The van der Waals surface area contributed by atoms with E-state index in [1.54, 1.807) is 17.4 Å². The molecule has 0 saturated heterocycles. The van der Waals surface area contributed by atoms with Crippen LogP contribution in [0.25, 0.3) is 10.1 Å². The average Bonchev–Trinajstić information content (AvgIpc) is 2.49. The van der Waals surface area contributed by atoms with E-state index in [0.29, 0.717) is 11.5 Å². The molecule has 2 aromatic rings. The van der Waals surface area contributed by atoms with Crippen molar-refractivity contribution in [2.75, 3.05) is 0 Å². The fraction of sp³-hybridized carbons (Fsp3) is 0.111. The summed E-state index contributed by atoms with van der Waals surface area (Å²) in [5.74, 6) is 1.04. The number of thiol groups is 1. The van der Waals surface area contributed by atoms with E-state index in [1.165, 1.54) is 0 Å². The van der Waals surface area contributed by atoms with Crippen LogP contribution in [-0.4, -0.2) is 5.11 Å². The van der Waals surface area contributed by atoms with Crippen molar-refractivity contribution >= 4 is 34.1 Å². The lowest BCUT2D eigenvalue weighted by atomic mass is 10.2. The van der Waals surface area contributed by atoms with Gasteiger partial charge in [-0.3, -0.25) is 0 Å². The highest BCUT2D eigenvalue weighted by Crippen LogP contribution is 2.33. The predicted octanol–water partition coefficient (Wildman–Crippen LogP) is 3.04.